The van der Waals surface area contributed by atoms with Crippen LogP contribution in [-0.4, -0.2) is 17.3 Å². The summed E-state index contributed by atoms with van der Waals surface area (Å²) in [5.41, 5.74) is 2.31. The van der Waals surface area contributed by atoms with E-state index in [1.54, 1.807) is 6.07 Å². The third-order valence-electron chi connectivity index (χ3n) is 2.48. The van der Waals surface area contributed by atoms with Crippen LogP contribution in [0.2, 0.25) is 0 Å². The van der Waals surface area contributed by atoms with E-state index in [1.165, 1.54) is 0 Å². The fourth-order valence-electron chi connectivity index (χ4n) is 1.66. The zero-order valence-corrected chi connectivity index (χ0v) is 7.68. The van der Waals surface area contributed by atoms with Crippen LogP contribution < -0.4 is 0 Å². The SMILES string of the molecule is N#CC(O)C1Cc2ccccc2CO1. The highest BCUT2D eigenvalue weighted by atomic mass is 16.5. The van der Waals surface area contributed by atoms with Gasteiger partial charge in [-0.2, -0.15) is 5.26 Å². The molecule has 1 aromatic rings. The number of aliphatic hydroxyl groups is 1. The normalized spacial score (nSPS) is 22.1. The van der Waals surface area contributed by atoms with Gasteiger partial charge in [0, 0.05) is 6.42 Å². The number of ether oxygens (including phenoxy) is 1. The van der Waals surface area contributed by atoms with Gasteiger partial charge in [0.2, 0.25) is 0 Å². The lowest BCUT2D eigenvalue weighted by molar-refractivity contribution is -0.0323. The predicted molar refractivity (Wildman–Crippen MR) is 50.3 cm³/mol. The van der Waals surface area contributed by atoms with E-state index in [-0.39, 0.29) is 6.10 Å². The number of nitriles is 1. The van der Waals surface area contributed by atoms with Crippen LogP contribution in [0.3, 0.4) is 0 Å². The lowest BCUT2D eigenvalue weighted by Crippen LogP contribution is -2.33. The third kappa shape index (κ3) is 1.63. The molecular weight excluding hydrogens is 178 g/mol. The van der Waals surface area contributed by atoms with Crippen LogP contribution in [0.25, 0.3) is 0 Å². The standard InChI is InChI=1S/C11H11NO2/c12-6-10(13)11-5-8-3-1-2-4-9(8)7-14-11/h1-4,10-11,13H,5,7H2. The van der Waals surface area contributed by atoms with Gasteiger partial charge in [-0.25, -0.2) is 0 Å². The van der Waals surface area contributed by atoms with Crippen LogP contribution in [0, 0.1) is 11.3 Å². The fraction of sp³-hybridized carbons (Fsp3) is 0.364. The minimum absolute atomic E-state index is 0.380. The molecule has 0 radical (unpaired) electrons. The molecule has 0 saturated heterocycles. The topological polar surface area (TPSA) is 53.2 Å². The highest BCUT2D eigenvalue weighted by molar-refractivity contribution is 5.29. The highest BCUT2D eigenvalue weighted by Gasteiger charge is 2.24. The molecule has 2 atom stereocenters. The monoisotopic (exact) mass is 189 g/mol. The molecule has 0 fully saturated rings. The smallest absolute Gasteiger partial charge is 0.166 e. The molecule has 2 unspecified atom stereocenters. The first-order valence-corrected chi connectivity index (χ1v) is 4.57. The largest absolute Gasteiger partial charge is 0.375 e. The summed E-state index contributed by atoms with van der Waals surface area (Å²) in [7, 11) is 0. The molecule has 0 aliphatic carbocycles. The molecule has 2 rings (SSSR count). The third-order valence-corrected chi connectivity index (χ3v) is 2.48. The molecule has 3 nitrogen and oxygen atoms in total. The molecule has 1 aromatic carbocycles. The first-order chi connectivity index (χ1) is 6.81. The average molecular weight is 189 g/mol. The van der Waals surface area contributed by atoms with Crippen LogP contribution in [0.5, 0.6) is 0 Å². The molecule has 3 heteroatoms. The number of nitrogens with zero attached hydrogens (tertiary/aromatic N) is 1. The van der Waals surface area contributed by atoms with E-state index in [2.05, 4.69) is 0 Å². The summed E-state index contributed by atoms with van der Waals surface area (Å²) < 4.78 is 5.38. The Morgan fingerprint density at radius 2 is 2.14 bits per heavy atom. The van der Waals surface area contributed by atoms with Crippen LogP contribution in [0.15, 0.2) is 24.3 Å². The number of fused-ring (bicyclic) bond motifs is 1. The number of rotatable bonds is 1. The van der Waals surface area contributed by atoms with Gasteiger partial charge in [0.1, 0.15) is 6.10 Å². The Bertz CT molecular complexity index is 370. The van der Waals surface area contributed by atoms with Crippen molar-refractivity contribution in [3.8, 4) is 6.07 Å². The van der Waals surface area contributed by atoms with Gasteiger partial charge in [-0.05, 0) is 11.1 Å². The Morgan fingerprint density at radius 1 is 1.43 bits per heavy atom. The summed E-state index contributed by atoms with van der Waals surface area (Å²) in [6, 6.07) is 9.73. The van der Waals surface area contributed by atoms with E-state index < -0.39 is 6.10 Å². The fourth-order valence-corrected chi connectivity index (χ4v) is 1.66. The van der Waals surface area contributed by atoms with Crippen molar-refractivity contribution >= 4 is 0 Å². The summed E-state index contributed by atoms with van der Waals surface area (Å²) >= 11 is 0. The Morgan fingerprint density at radius 3 is 2.86 bits per heavy atom. The zero-order chi connectivity index (χ0) is 9.97. The number of benzene rings is 1. The molecule has 0 saturated carbocycles. The van der Waals surface area contributed by atoms with Gasteiger partial charge in [-0.3, -0.25) is 0 Å². The van der Waals surface area contributed by atoms with Gasteiger partial charge in [-0.15, -0.1) is 0 Å². The van der Waals surface area contributed by atoms with Gasteiger partial charge in [0.15, 0.2) is 6.10 Å². The first kappa shape index (κ1) is 9.20. The molecular formula is C11H11NO2. The summed E-state index contributed by atoms with van der Waals surface area (Å²) in [6.45, 7) is 0.486. The van der Waals surface area contributed by atoms with Crippen molar-refractivity contribution in [1.82, 2.24) is 0 Å². The van der Waals surface area contributed by atoms with E-state index in [0.717, 1.165) is 11.1 Å². The maximum atomic E-state index is 9.32. The second-order valence-electron chi connectivity index (χ2n) is 3.40. The first-order valence-electron chi connectivity index (χ1n) is 4.57. The van der Waals surface area contributed by atoms with Crippen molar-refractivity contribution in [2.75, 3.05) is 0 Å². The van der Waals surface area contributed by atoms with E-state index >= 15 is 0 Å². The van der Waals surface area contributed by atoms with E-state index in [1.807, 2.05) is 24.3 Å². The predicted octanol–water partition coefficient (Wildman–Crippen LogP) is 1.01. The van der Waals surface area contributed by atoms with Crippen LogP contribution in [0.4, 0.5) is 0 Å². The van der Waals surface area contributed by atoms with Crippen LogP contribution in [0.1, 0.15) is 11.1 Å². The van der Waals surface area contributed by atoms with Crippen molar-refractivity contribution < 1.29 is 9.84 Å². The van der Waals surface area contributed by atoms with E-state index in [4.69, 9.17) is 10.00 Å². The van der Waals surface area contributed by atoms with Gasteiger partial charge in [-0.1, -0.05) is 24.3 Å². The Hall–Kier alpha value is -1.37. The van der Waals surface area contributed by atoms with Gasteiger partial charge < -0.3 is 9.84 Å². The Balaban J connectivity index is 2.18. The van der Waals surface area contributed by atoms with Crippen molar-refractivity contribution in [3.05, 3.63) is 35.4 Å². The quantitative estimate of drug-likeness (QED) is 0.671. The van der Waals surface area contributed by atoms with Crippen molar-refractivity contribution in [2.24, 2.45) is 0 Å². The Kier molecular flexibility index (Phi) is 2.49. The molecule has 1 aliphatic rings. The van der Waals surface area contributed by atoms with Gasteiger partial charge >= 0.3 is 0 Å². The molecule has 1 N–H and O–H groups in total. The molecule has 0 amide bonds. The lowest BCUT2D eigenvalue weighted by atomic mass is 9.97. The van der Waals surface area contributed by atoms with Crippen LogP contribution in [-0.2, 0) is 17.8 Å². The van der Waals surface area contributed by atoms with Gasteiger partial charge in [0.25, 0.3) is 0 Å². The second kappa shape index (κ2) is 3.79. The van der Waals surface area contributed by atoms with Crippen LogP contribution >= 0.6 is 0 Å². The molecule has 0 bridgehead atoms. The van der Waals surface area contributed by atoms with Crippen molar-refractivity contribution in [2.45, 2.75) is 25.2 Å². The number of aliphatic hydroxyl groups excluding tert-OH is 1. The summed E-state index contributed by atoms with van der Waals surface area (Å²) in [4.78, 5) is 0. The number of hydrogen-bond acceptors (Lipinski definition) is 3. The molecule has 72 valence electrons. The zero-order valence-electron chi connectivity index (χ0n) is 7.68. The summed E-state index contributed by atoms with van der Waals surface area (Å²) in [5.74, 6) is 0. The average Bonchev–Trinajstić information content (AvgIpc) is 2.27. The molecule has 1 heterocycles. The number of hydrogen-bond donors (Lipinski definition) is 1. The summed E-state index contributed by atoms with van der Waals surface area (Å²) in [5, 5.41) is 17.9. The molecule has 0 aromatic heterocycles. The second-order valence-corrected chi connectivity index (χ2v) is 3.40. The minimum atomic E-state index is -1.02. The lowest BCUT2D eigenvalue weighted by Gasteiger charge is -2.25. The molecule has 14 heavy (non-hydrogen) atoms. The maximum Gasteiger partial charge on any atom is 0.166 e. The van der Waals surface area contributed by atoms with E-state index in [9.17, 15) is 5.11 Å². The van der Waals surface area contributed by atoms with Gasteiger partial charge in [0.05, 0.1) is 12.7 Å². The summed E-state index contributed by atoms with van der Waals surface area (Å²) in [6.07, 6.45) is -0.788. The van der Waals surface area contributed by atoms with E-state index in [0.29, 0.717) is 13.0 Å². The minimum Gasteiger partial charge on any atom is -0.375 e. The maximum absolute atomic E-state index is 9.32. The van der Waals surface area contributed by atoms with Crippen molar-refractivity contribution in [3.63, 3.8) is 0 Å². The highest BCUT2D eigenvalue weighted by Crippen LogP contribution is 2.21. The molecule has 1 aliphatic heterocycles. The Labute approximate surface area is 82.6 Å². The molecule has 0 spiro atoms. The van der Waals surface area contributed by atoms with Crippen molar-refractivity contribution in [1.29, 1.82) is 5.26 Å².